The first-order valence-electron chi connectivity index (χ1n) is 6.61. The molecule has 0 radical (unpaired) electrons. The highest BCUT2D eigenvalue weighted by Gasteiger charge is 2.10. The fourth-order valence-electron chi connectivity index (χ4n) is 2.19. The van der Waals surface area contributed by atoms with E-state index in [4.69, 9.17) is 4.42 Å². The average Bonchev–Trinajstić information content (AvgIpc) is 3.02. The molecule has 0 atom stereocenters. The number of aryl methyl sites for hydroxylation is 2. The van der Waals surface area contributed by atoms with E-state index in [0.717, 1.165) is 22.3 Å². The maximum atomic E-state index is 12.0. The molecule has 5 heteroatoms. The fraction of sp³-hybridized carbons (Fsp3) is 0.125. The SMILES string of the molecule is Cc1cc(C)c(/C=N/NC(=O)c2cc3ccccc3o2)[nH]1. The number of fused-ring (bicyclic) bond motifs is 1. The zero-order chi connectivity index (χ0) is 14.8. The van der Waals surface area contributed by atoms with Crippen molar-refractivity contribution in [3.8, 4) is 0 Å². The average molecular weight is 281 g/mol. The van der Waals surface area contributed by atoms with Crippen LogP contribution < -0.4 is 5.43 Å². The summed E-state index contributed by atoms with van der Waals surface area (Å²) in [6.07, 6.45) is 1.59. The minimum atomic E-state index is -0.372. The zero-order valence-electron chi connectivity index (χ0n) is 11.8. The van der Waals surface area contributed by atoms with Crippen LogP contribution >= 0.6 is 0 Å². The lowest BCUT2D eigenvalue weighted by Crippen LogP contribution is -2.16. The molecule has 0 spiro atoms. The highest BCUT2D eigenvalue weighted by Crippen LogP contribution is 2.18. The van der Waals surface area contributed by atoms with Crippen molar-refractivity contribution in [1.29, 1.82) is 0 Å². The van der Waals surface area contributed by atoms with E-state index < -0.39 is 0 Å². The molecule has 0 bridgehead atoms. The van der Waals surface area contributed by atoms with Gasteiger partial charge >= 0.3 is 5.91 Å². The molecular weight excluding hydrogens is 266 g/mol. The third-order valence-corrected chi connectivity index (χ3v) is 3.20. The Balaban J connectivity index is 1.73. The predicted molar refractivity (Wildman–Crippen MR) is 81.5 cm³/mol. The van der Waals surface area contributed by atoms with Gasteiger partial charge in [0.25, 0.3) is 0 Å². The summed E-state index contributed by atoms with van der Waals surface area (Å²) in [7, 11) is 0. The smallest absolute Gasteiger partial charge is 0.307 e. The first kappa shape index (κ1) is 13.2. The number of hydrogen-bond acceptors (Lipinski definition) is 3. The highest BCUT2D eigenvalue weighted by atomic mass is 16.3. The molecule has 5 nitrogen and oxygen atoms in total. The Kier molecular flexibility index (Phi) is 3.31. The van der Waals surface area contributed by atoms with Gasteiger partial charge < -0.3 is 9.40 Å². The summed E-state index contributed by atoms with van der Waals surface area (Å²) in [5.74, 6) is -0.129. The van der Waals surface area contributed by atoms with Gasteiger partial charge in [0, 0.05) is 11.1 Å². The number of aromatic nitrogens is 1. The Morgan fingerprint density at radius 3 is 2.81 bits per heavy atom. The minimum Gasteiger partial charge on any atom is -0.451 e. The van der Waals surface area contributed by atoms with Crippen LogP contribution in [0.5, 0.6) is 0 Å². The van der Waals surface area contributed by atoms with Gasteiger partial charge in [0.15, 0.2) is 5.76 Å². The van der Waals surface area contributed by atoms with E-state index >= 15 is 0 Å². The monoisotopic (exact) mass is 281 g/mol. The van der Waals surface area contributed by atoms with Crippen molar-refractivity contribution < 1.29 is 9.21 Å². The summed E-state index contributed by atoms with van der Waals surface area (Å²) in [5, 5.41) is 4.84. The third kappa shape index (κ3) is 2.72. The van der Waals surface area contributed by atoms with E-state index in [1.54, 1.807) is 12.3 Å². The second kappa shape index (κ2) is 5.28. The van der Waals surface area contributed by atoms with Crippen LogP contribution in [0, 0.1) is 13.8 Å². The van der Waals surface area contributed by atoms with Gasteiger partial charge in [0.1, 0.15) is 5.58 Å². The van der Waals surface area contributed by atoms with Crippen molar-refractivity contribution in [2.75, 3.05) is 0 Å². The van der Waals surface area contributed by atoms with E-state index in [-0.39, 0.29) is 11.7 Å². The number of nitrogens with one attached hydrogen (secondary N) is 2. The Labute approximate surface area is 121 Å². The molecule has 21 heavy (non-hydrogen) atoms. The molecule has 0 aliphatic carbocycles. The molecule has 1 amide bonds. The van der Waals surface area contributed by atoms with Crippen LogP contribution in [-0.2, 0) is 0 Å². The Morgan fingerprint density at radius 2 is 2.10 bits per heavy atom. The zero-order valence-corrected chi connectivity index (χ0v) is 11.8. The normalized spacial score (nSPS) is 11.3. The Morgan fingerprint density at radius 1 is 1.29 bits per heavy atom. The summed E-state index contributed by atoms with van der Waals surface area (Å²) < 4.78 is 5.47. The summed E-state index contributed by atoms with van der Waals surface area (Å²) >= 11 is 0. The van der Waals surface area contributed by atoms with Crippen LogP contribution in [0.4, 0.5) is 0 Å². The number of nitrogens with zero attached hydrogens (tertiary/aromatic N) is 1. The number of para-hydroxylation sites is 1. The molecule has 2 heterocycles. The van der Waals surface area contributed by atoms with Crippen molar-refractivity contribution in [2.45, 2.75) is 13.8 Å². The molecule has 0 saturated carbocycles. The van der Waals surface area contributed by atoms with Crippen LogP contribution in [0.25, 0.3) is 11.0 Å². The summed E-state index contributed by atoms with van der Waals surface area (Å²) in [6.45, 7) is 3.95. The number of hydrazone groups is 1. The molecule has 3 aromatic rings. The summed E-state index contributed by atoms with van der Waals surface area (Å²) in [6, 6.07) is 11.2. The van der Waals surface area contributed by atoms with Crippen molar-refractivity contribution in [2.24, 2.45) is 5.10 Å². The maximum absolute atomic E-state index is 12.0. The van der Waals surface area contributed by atoms with Gasteiger partial charge in [-0.05, 0) is 37.6 Å². The number of aromatic amines is 1. The fourth-order valence-corrected chi connectivity index (χ4v) is 2.19. The lowest BCUT2D eigenvalue weighted by molar-refractivity contribution is 0.0929. The number of furan rings is 1. The second-order valence-corrected chi connectivity index (χ2v) is 4.90. The lowest BCUT2D eigenvalue weighted by Gasteiger charge is -1.95. The van der Waals surface area contributed by atoms with E-state index in [1.165, 1.54) is 0 Å². The molecule has 1 aromatic carbocycles. The van der Waals surface area contributed by atoms with Crippen molar-refractivity contribution in [3.05, 3.63) is 59.1 Å². The molecule has 0 unspecified atom stereocenters. The molecule has 0 aliphatic rings. The number of benzene rings is 1. The van der Waals surface area contributed by atoms with Gasteiger partial charge in [-0.25, -0.2) is 5.43 Å². The van der Waals surface area contributed by atoms with Crippen LogP contribution in [0.1, 0.15) is 27.5 Å². The standard InChI is InChI=1S/C16H15N3O2/c1-10-7-11(2)18-13(10)9-17-19-16(20)15-8-12-5-3-4-6-14(12)21-15/h3-9,18H,1-2H3,(H,19,20)/b17-9+. The van der Waals surface area contributed by atoms with Crippen molar-refractivity contribution >= 4 is 23.1 Å². The highest BCUT2D eigenvalue weighted by molar-refractivity contribution is 5.96. The number of hydrogen-bond donors (Lipinski definition) is 2. The van der Waals surface area contributed by atoms with Crippen LogP contribution in [0.15, 0.2) is 45.9 Å². The van der Waals surface area contributed by atoms with E-state index in [1.807, 2.05) is 44.2 Å². The summed E-state index contributed by atoms with van der Waals surface area (Å²) in [4.78, 5) is 15.1. The third-order valence-electron chi connectivity index (χ3n) is 3.20. The van der Waals surface area contributed by atoms with Gasteiger partial charge in [0.2, 0.25) is 0 Å². The number of amides is 1. The molecule has 0 aliphatic heterocycles. The van der Waals surface area contributed by atoms with Crippen LogP contribution in [0.2, 0.25) is 0 Å². The predicted octanol–water partition coefficient (Wildman–Crippen LogP) is 3.14. The molecule has 2 aromatic heterocycles. The lowest BCUT2D eigenvalue weighted by atomic mass is 10.2. The van der Waals surface area contributed by atoms with Gasteiger partial charge in [-0.3, -0.25) is 4.79 Å². The first-order chi connectivity index (χ1) is 10.1. The first-order valence-corrected chi connectivity index (χ1v) is 6.61. The van der Waals surface area contributed by atoms with Crippen LogP contribution in [0.3, 0.4) is 0 Å². The van der Waals surface area contributed by atoms with E-state index in [0.29, 0.717) is 5.58 Å². The number of carbonyl (C=O) groups excluding carboxylic acids is 1. The topological polar surface area (TPSA) is 70.4 Å². The molecule has 0 saturated heterocycles. The molecule has 3 rings (SSSR count). The van der Waals surface area contributed by atoms with Gasteiger partial charge in [-0.1, -0.05) is 18.2 Å². The second-order valence-electron chi connectivity index (χ2n) is 4.90. The molecule has 106 valence electrons. The largest absolute Gasteiger partial charge is 0.451 e. The minimum absolute atomic E-state index is 0.243. The maximum Gasteiger partial charge on any atom is 0.307 e. The van der Waals surface area contributed by atoms with Crippen molar-refractivity contribution in [3.63, 3.8) is 0 Å². The van der Waals surface area contributed by atoms with Crippen molar-refractivity contribution in [1.82, 2.24) is 10.4 Å². The number of H-pyrrole nitrogens is 1. The number of carbonyl (C=O) groups is 1. The van der Waals surface area contributed by atoms with E-state index in [2.05, 4.69) is 15.5 Å². The van der Waals surface area contributed by atoms with Gasteiger partial charge in [-0.15, -0.1) is 0 Å². The quantitative estimate of drug-likeness (QED) is 0.572. The summed E-state index contributed by atoms with van der Waals surface area (Å²) in [5.41, 5.74) is 6.15. The van der Waals surface area contributed by atoms with Gasteiger partial charge in [-0.2, -0.15) is 5.10 Å². The molecule has 0 fully saturated rings. The van der Waals surface area contributed by atoms with E-state index in [9.17, 15) is 4.79 Å². The Bertz CT molecular complexity index is 794. The Hall–Kier alpha value is -2.82. The van der Waals surface area contributed by atoms with Crippen LogP contribution in [-0.4, -0.2) is 17.1 Å². The number of rotatable bonds is 3. The van der Waals surface area contributed by atoms with Gasteiger partial charge in [0.05, 0.1) is 11.9 Å². The molecular formula is C16H15N3O2. The molecule has 2 N–H and O–H groups in total.